The summed E-state index contributed by atoms with van der Waals surface area (Å²) in [7, 11) is 0. The molecule has 3 heteroatoms. The summed E-state index contributed by atoms with van der Waals surface area (Å²) in [6.45, 7) is 9.55. The lowest BCUT2D eigenvalue weighted by molar-refractivity contribution is 0.590. The average Bonchev–Trinajstić information content (AvgIpc) is 2.39. The number of benzene rings is 1. The zero-order chi connectivity index (χ0) is 13.9. The summed E-state index contributed by atoms with van der Waals surface area (Å²) >= 11 is 0. The van der Waals surface area contributed by atoms with Crippen molar-refractivity contribution in [3.63, 3.8) is 0 Å². The average molecular weight is 255 g/mol. The van der Waals surface area contributed by atoms with Crippen molar-refractivity contribution in [3.05, 3.63) is 42.1 Å². The van der Waals surface area contributed by atoms with Gasteiger partial charge in [0.2, 0.25) is 0 Å². The van der Waals surface area contributed by atoms with Gasteiger partial charge in [-0.05, 0) is 24.0 Å². The maximum absolute atomic E-state index is 4.50. The van der Waals surface area contributed by atoms with Crippen molar-refractivity contribution in [2.24, 2.45) is 0 Å². The number of aromatic nitrogens is 2. The van der Waals surface area contributed by atoms with Crippen LogP contribution in [0.15, 0.2) is 36.5 Å². The Kier molecular flexibility index (Phi) is 3.84. The van der Waals surface area contributed by atoms with E-state index in [1.54, 1.807) is 6.20 Å². The Morgan fingerprint density at radius 1 is 1.05 bits per heavy atom. The van der Waals surface area contributed by atoms with Gasteiger partial charge in [-0.2, -0.15) is 0 Å². The number of hydrogen-bond acceptors (Lipinski definition) is 3. The number of nitrogens with one attached hydrogen (secondary N) is 1. The SMILES string of the molecule is CCNc1ccnc(-c2ccc(C(C)(C)C)cc2)n1. The van der Waals surface area contributed by atoms with E-state index in [-0.39, 0.29) is 5.41 Å². The molecule has 0 fully saturated rings. The molecule has 0 bridgehead atoms. The first-order valence-electron chi connectivity index (χ1n) is 6.68. The standard InChI is InChI=1S/C16H21N3/c1-5-17-14-10-11-18-15(19-14)12-6-8-13(9-7-12)16(2,3)4/h6-11H,5H2,1-4H3,(H,17,18,19). The monoisotopic (exact) mass is 255 g/mol. The molecule has 0 radical (unpaired) electrons. The molecule has 0 saturated carbocycles. The molecule has 0 aliphatic rings. The van der Waals surface area contributed by atoms with Crippen molar-refractivity contribution in [1.29, 1.82) is 0 Å². The zero-order valence-corrected chi connectivity index (χ0v) is 12.1. The Hall–Kier alpha value is -1.90. The Labute approximate surface area is 115 Å². The predicted octanol–water partition coefficient (Wildman–Crippen LogP) is 3.87. The molecule has 0 unspecified atom stereocenters. The summed E-state index contributed by atoms with van der Waals surface area (Å²) in [5, 5.41) is 3.20. The molecule has 1 aromatic carbocycles. The largest absolute Gasteiger partial charge is 0.370 e. The normalized spacial score (nSPS) is 11.4. The van der Waals surface area contributed by atoms with E-state index in [0.717, 1.165) is 23.8 Å². The second kappa shape index (κ2) is 5.39. The van der Waals surface area contributed by atoms with Gasteiger partial charge in [0.25, 0.3) is 0 Å². The van der Waals surface area contributed by atoms with Gasteiger partial charge in [0.15, 0.2) is 5.82 Å². The molecule has 0 aliphatic heterocycles. The fourth-order valence-corrected chi connectivity index (χ4v) is 1.90. The zero-order valence-electron chi connectivity index (χ0n) is 12.1. The van der Waals surface area contributed by atoms with Crippen molar-refractivity contribution in [2.75, 3.05) is 11.9 Å². The van der Waals surface area contributed by atoms with Crippen LogP contribution in [0.5, 0.6) is 0 Å². The van der Waals surface area contributed by atoms with Crippen molar-refractivity contribution in [3.8, 4) is 11.4 Å². The van der Waals surface area contributed by atoms with E-state index >= 15 is 0 Å². The second-order valence-corrected chi connectivity index (χ2v) is 5.62. The number of hydrogen-bond donors (Lipinski definition) is 1. The van der Waals surface area contributed by atoms with Gasteiger partial charge in [0.05, 0.1) is 0 Å². The number of nitrogens with zero attached hydrogens (tertiary/aromatic N) is 2. The lowest BCUT2D eigenvalue weighted by Crippen LogP contribution is -2.10. The van der Waals surface area contributed by atoms with Crippen LogP contribution in [0, 0.1) is 0 Å². The van der Waals surface area contributed by atoms with E-state index < -0.39 is 0 Å². The van der Waals surface area contributed by atoms with Crippen LogP contribution in [0.25, 0.3) is 11.4 Å². The van der Waals surface area contributed by atoms with Gasteiger partial charge in [0.1, 0.15) is 5.82 Å². The quantitative estimate of drug-likeness (QED) is 0.904. The number of anilines is 1. The van der Waals surface area contributed by atoms with E-state index in [2.05, 4.69) is 67.2 Å². The third-order valence-corrected chi connectivity index (χ3v) is 3.02. The summed E-state index contributed by atoms with van der Waals surface area (Å²) in [6.07, 6.45) is 1.79. The van der Waals surface area contributed by atoms with E-state index in [1.165, 1.54) is 5.56 Å². The first kappa shape index (κ1) is 13.5. The number of rotatable bonds is 3. The Balaban J connectivity index is 2.29. The molecule has 0 spiro atoms. The predicted molar refractivity (Wildman–Crippen MR) is 80.3 cm³/mol. The first-order chi connectivity index (χ1) is 9.00. The lowest BCUT2D eigenvalue weighted by atomic mass is 9.87. The summed E-state index contributed by atoms with van der Waals surface area (Å²) in [6, 6.07) is 10.4. The van der Waals surface area contributed by atoms with Crippen molar-refractivity contribution in [1.82, 2.24) is 9.97 Å². The molecule has 2 aromatic rings. The van der Waals surface area contributed by atoms with E-state index in [0.29, 0.717) is 0 Å². The Morgan fingerprint density at radius 2 is 1.74 bits per heavy atom. The molecule has 19 heavy (non-hydrogen) atoms. The third-order valence-electron chi connectivity index (χ3n) is 3.02. The van der Waals surface area contributed by atoms with E-state index in [9.17, 15) is 0 Å². The highest BCUT2D eigenvalue weighted by atomic mass is 15.0. The van der Waals surface area contributed by atoms with Gasteiger partial charge in [-0.15, -0.1) is 0 Å². The highest BCUT2D eigenvalue weighted by Gasteiger charge is 2.13. The fraction of sp³-hybridized carbons (Fsp3) is 0.375. The van der Waals surface area contributed by atoms with Crippen LogP contribution in [0.3, 0.4) is 0 Å². The minimum Gasteiger partial charge on any atom is -0.370 e. The van der Waals surface area contributed by atoms with Gasteiger partial charge >= 0.3 is 0 Å². The van der Waals surface area contributed by atoms with Gasteiger partial charge in [-0.25, -0.2) is 9.97 Å². The minimum atomic E-state index is 0.172. The molecule has 0 saturated heterocycles. The van der Waals surface area contributed by atoms with Crippen LogP contribution >= 0.6 is 0 Å². The van der Waals surface area contributed by atoms with Gasteiger partial charge in [-0.3, -0.25) is 0 Å². The lowest BCUT2D eigenvalue weighted by Gasteiger charge is -2.19. The molecule has 2 rings (SSSR count). The maximum atomic E-state index is 4.50. The van der Waals surface area contributed by atoms with Crippen LogP contribution < -0.4 is 5.32 Å². The highest BCUT2D eigenvalue weighted by molar-refractivity contribution is 5.57. The topological polar surface area (TPSA) is 37.8 Å². The van der Waals surface area contributed by atoms with Crippen molar-refractivity contribution < 1.29 is 0 Å². The smallest absolute Gasteiger partial charge is 0.161 e. The molecular formula is C16H21N3. The fourth-order valence-electron chi connectivity index (χ4n) is 1.90. The molecule has 0 amide bonds. The van der Waals surface area contributed by atoms with Crippen LogP contribution in [-0.2, 0) is 5.41 Å². The minimum absolute atomic E-state index is 0.172. The molecule has 1 aromatic heterocycles. The van der Waals surface area contributed by atoms with Crippen LogP contribution in [-0.4, -0.2) is 16.5 Å². The molecule has 1 N–H and O–H groups in total. The molecular weight excluding hydrogens is 234 g/mol. The molecule has 100 valence electrons. The molecule has 0 atom stereocenters. The van der Waals surface area contributed by atoms with E-state index in [4.69, 9.17) is 0 Å². The van der Waals surface area contributed by atoms with E-state index in [1.807, 2.05) is 6.07 Å². The Bertz CT molecular complexity index is 539. The summed E-state index contributed by atoms with van der Waals surface area (Å²) in [4.78, 5) is 8.83. The summed E-state index contributed by atoms with van der Waals surface area (Å²) < 4.78 is 0. The van der Waals surface area contributed by atoms with Crippen LogP contribution in [0.2, 0.25) is 0 Å². The highest BCUT2D eigenvalue weighted by Crippen LogP contribution is 2.24. The summed E-state index contributed by atoms with van der Waals surface area (Å²) in [5.41, 5.74) is 2.54. The van der Waals surface area contributed by atoms with Crippen LogP contribution in [0.4, 0.5) is 5.82 Å². The molecule has 0 aliphatic carbocycles. The molecule has 1 heterocycles. The third kappa shape index (κ3) is 3.31. The van der Waals surface area contributed by atoms with Crippen molar-refractivity contribution >= 4 is 5.82 Å². The maximum Gasteiger partial charge on any atom is 0.161 e. The van der Waals surface area contributed by atoms with Crippen LogP contribution in [0.1, 0.15) is 33.3 Å². The van der Waals surface area contributed by atoms with Crippen molar-refractivity contribution in [2.45, 2.75) is 33.1 Å². The van der Waals surface area contributed by atoms with Gasteiger partial charge in [-0.1, -0.05) is 45.0 Å². The second-order valence-electron chi connectivity index (χ2n) is 5.62. The van der Waals surface area contributed by atoms with Gasteiger partial charge in [0, 0.05) is 18.3 Å². The molecule has 3 nitrogen and oxygen atoms in total. The first-order valence-corrected chi connectivity index (χ1v) is 6.68. The summed E-state index contributed by atoms with van der Waals surface area (Å²) in [5.74, 6) is 1.63. The van der Waals surface area contributed by atoms with Gasteiger partial charge < -0.3 is 5.32 Å². The Morgan fingerprint density at radius 3 is 2.32 bits per heavy atom.